The summed E-state index contributed by atoms with van der Waals surface area (Å²) < 4.78 is 0. The third-order valence-electron chi connectivity index (χ3n) is 4.83. The summed E-state index contributed by atoms with van der Waals surface area (Å²) in [5.74, 6) is 1.42. The van der Waals surface area contributed by atoms with Crippen molar-refractivity contribution in [2.45, 2.75) is 38.5 Å². The highest BCUT2D eigenvalue weighted by Crippen LogP contribution is 2.39. The maximum absolute atomic E-state index is 9.07. The predicted molar refractivity (Wildman–Crippen MR) is 116 cm³/mol. The van der Waals surface area contributed by atoms with Crippen LogP contribution in [-0.4, -0.2) is 9.97 Å². The van der Waals surface area contributed by atoms with Crippen molar-refractivity contribution >= 4 is 17.2 Å². The molecule has 5 nitrogen and oxygen atoms in total. The number of hydrogen-bond donors (Lipinski definition) is 2. The second kappa shape index (κ2) is 9.34. The van der Waals surface area contributed by atoms with Crippen LogP contribution < -0.4 is 11.1 Å². The Morgan fingerprint density at radius 1 is 1.36 bits per heavy atom. The van der Waals surface area contributed by atoms with Crippen molar-refractivity contribution < 1.29 is 0 Å². The average molecular weight is 392 g/mol. The van der Waals surface area contributed by atoms with Crippen molar-refractivity contribution in [3.05, 3.63) is 65.6 Å². The van der Waals surface area contributed by atoms with Crippen molar-refractivity contribution in [2.75, 3.05) is 5.32 Å². The first kappa shape index (κ1) is 19.8. The fourth-order valence-electron chi connectivity index (χ4n) is 3.38. The number of hydrogen-bond acceptors (Lipinski definition) is 6. The zero-order valence-corrected chi connectivity index (χ0v) is 16.9. The topological polar surface area (TPSA) is 87.6 Å². The lowest BCUT2D eigenvalue weighted by Gasteiger charge is -2.22. The summed E-state index contributed by atoms with van der Waals surface area (Å²) >= 11 is 1.70. The van der Waals surface area contributed by atoms with Crippen LogP contribution in [0.25, 0.3) is 10.6 Å². The largest absolute Gasteiger partial charge is 0.405 e. The minimum Gasteiger partial charge on any atom is -0.405 e. The van der Waals surface area contributed by atoms with E-state index in [1.54, 1.807) is 11.3 Å². The van der Waals surface area contributed by atoms with Gasteiger partial charge in [0.15, 0.2) is 0 Å². The number of allylic oxidation sites excluding steroid dienone is 3. The quantitative estimate of drug-likeness (QED) is 0.648. The normalized spacial score (nSPS) is 20.1. The van der Waals surface area contributed by atoms with Crippen LogP contribution in [0.15, 0.2) is 60.6 Å². The molecule has 28 heavy (non-hydrogen) atoms. The van der Waals surface area contributed by atoms with Crippen molar-refractivity contribution in [3.8, 4) is 16.6 Å². The monoisotopic (exact) mass is 391 g/mol. The molecule has 0 aliphatic heterocycles. The Labute approximate surface area is 170 Å². The van der Waals surface area contributed by atoms with Gasteiger partial charge in [-0.1, -0.05) is 12.6 Å². The first-order valence-electron chi connectivity index (χ1n) is 9.44. The van der Waals surface area contributed by atoms with Crippen LogP contribution in [0.3, 0.4) is 0 Å². The maximum atomic E-state index is 9.07. The lowest BCUT2D eigenvalue weighted by molar-refractivity contribution is 0.381. The molecule has 1 aliphatic rings. The molecule has 0 atom stereocenters. The molecule has 0 saturated heterocycles. The second-order valence-electron chi connectivity index (χ2n) is 7.05. The summed E-state index contributed by atoms with van der Waals surface area (Å²) in [6.07, 6.45) is 11.2. The minimum atomic E-state index is 0.214. The van der Waals surface area contributed by atoms with Crippen LogP contribution in [0.2, 0.25) is 0 Å². The van der Waals surface area contributed by atoms with E-state index in [0.29, 0.717) is 5.92 Å². The summed E-state index contributed by atoms with van der Waals surface area (Å²) in [5, 5.41) is 13.4. The van der Waals surface area contributed by atoms with Gasteiger partial charge in [-0.25, -0.2) is 9.97 Å². The number of nitriles is 1. The van der Waals surface area contributed by atoms with Crippen LogP contribution in [0.5, 0.6) is 0 Å². The molecule has 0 radical (unpaired) electrons. The Morgan fingerprint density at radius 3 is 2.86 bits per heavy atom. The van der Waals surface area contributed by atoms with Gasteiger partial charge in [0.2, 0.25) is 0 Å². The van der Waals surface area contributed by atoms with Crippen LogP contribution in [0.1, 0.15) is 43.5 Å². The Bertz CT molecular complexity index is 926. The molecule has 1 fully saturated rings. The molecule has 1 aliphatic carbocycles. The molecule has 144 valence electrons. The lowest BCUT2D eigenvalue weighted by atomic mass is 9.83. The van der Waals surface area contributed by atoms with Crippen molar-refractivity contribution in [1.82, 2.24) is 9.97 Å². The van der Waals surface area contributed by atoms with Crippen molar-refractivity contribution in [1.29, 1.82) is 5.26 Å². The van der Waals surface area contributed by atoms with E-state index in [1.807, 2.05) is 43.5 Å². The van der Waals surface area contributed by atoms with E-state index in [4.69, 9.17) is 16.0 Å². The highest BCUT2D eigenvalue weighted by Gasteiger charge is 2.24. The summed E-state index contributed by atoms with van der Waals surface area (Å²) in [5.41, 5.74) is 8.07. The summed E-state index contributed by atoms with van der Waals surface area (Å²) in [4.78, 5) is 10.4. The average Bonchev–Trinajstić information content (AvgIpc) is 3.18. The van der Waals surface area contributed by atoms with E-state index in [-0.39, 0.29) is 5.92 Å². The highest BCUT2D eigenvalue weighted by atomic mass is 32.1. The van der Waals surface area contributed by atoms with Gasteiger partial charge in [0, 0.05) is 23.7 Å². The third kappa shape index (κ3) is 5.08. The number of rotatable bonds is 6. The van der Waals surface area contributed by atoms with E-state index in [2.05, 4.69) is 22.9 Å². The number of thiazole rings is 1. The number of anilines is 1. The summed E-state index contributed by atoms with van der Waals surface area (Å²) in [6, 6.07) is 8.28. The minimum absolute atomic E-state index is 0.214. The molecule has 1 saturated carbocycles. The highest BCUT2D eigenvalue weighted by molar-refractivity contribution is 7.15. The molecule has 0 unspecified atom stereocenters. The van der Waals surface area contributed by atoms with Crippen molar-refractivity contribution in [2.24, 2.45) is 11.7 Å². The molecular weight excluding hydrogens is 366 g/mol. The molecule has 0 spiro atoms. The van der Waals surface area contributed by atoms with Gasteiger partial charge in [-0.3, -0.25) is 0 Å². The molecular formula is C22H25N5S. The molecule has 0 bridgehead atoms. The zero-order valence-electron chi connectivity index (χ0n) is 16.1. The fourth-order valence-corrected chi connectivity index (χ4v) is 4.44. The van der Waals surface area contributed by atoms with E-state index in [1.165, 1.54) is 6.20 Å². The first-order valence-corrected chi connectivity index (χ1v) is 10.3. The Morgan fingerprint density at radius 2 is 2.14 bits per heavy atom. The fraction of sp³-hybridized carbons (Fsp3) is 0.318. The van der Waals surface area contributed by atoms with Gasteiger partial charge in [0.25, 0.3) is 0 Å². The molecule has 6 heteroatoms. The molecule has 2 heterocycles. The van der Waals surface area contributed by atoms with Gasteiger partial charge in [-0.2, -0.15) is 5.26 Å². The second-order valence-corrected chi connectivity index (χ2v) is 8.11. The van der Waals surface area contributed by atoms with E-state index >= 15 is 0 Å². The third-order valence-corrected chi connectivity index (χ3v) is 6.02. The van der Waals surface area contributed by atoms with E-state index in [0.717, 1.165) is 58.3 Å². The van der Waals surface area contributed by atoms with Crippen LogP contribution in [-0.2, 0) is 0 Å². The molecule has 3 rings (SSSR count). The summed E-state index contributed by atoms with van der Waals surface area (Å²) in [7, 11) is 0. The molecule has 0 amide bonds. The molecule has 0 aromatic carbocycles. The molecule has 2 aromatic rings. The van der Waals surface area contributed by atoms with Crippen molar-refractivity contribution in [3.63, 3.8) is 0 Å². The van der Waals surface area contributed by atoms with Crippen LogP contribution >= 0.6 is 11.3 Å². The zero-order chi connectivity index (χ0) is 19.9. The van der Waals surface area contributed by atoms with Gasteiger partial charge in [-0.15, -0.1) is 11.3 Å². The number of nitrogens with zero attached hydrogens (tertiary/aromatic N) is 3. The Kier molecular flexibility index (Phi) is 6.62. The number of nitrogens with two attached hydrogens (primary N) is 1. The van der Waals surface area contributed by atoms with Crippen LogP contribution in [0.4, 0.5) is 5.82 Å². The number of aromatic nitrogens is 2. The standard InChI is InChI=1S/C22H25N5S/c1-15(10-11-23)12-16(2)26-21-5-3-4-19(27-21)20-14-25-22(28-20)18-8-6-17(13-24)7-9-18/h3-5,10-12,14,17-18H,2,6-9,23H2,1H3,(H,26,27)/b11-10-,15-12-/t17-,18-. The van der Waals surface area contributed by atoms with Gasteiger partial charge in [-0.05, 0) is 68.7 Å². The van der Waals surface area contributed by atoms with Gasteiger partial charge < -0.3 is 11.1 Å². The number of nitrogens with one attached hydrogen (secondary N) is 1. The maximum Gasteiger partial charge on any atom is 0.131 e. The molecule has 3 N–H and O–H groups in total. The van der Waals surface area contributed by atoms with E-state index in [9.17, 15) is 0 Å². The predicted octanol–water partition coefficient (Wildman–Crippen LogP) is 5.35. The van der Waals surface area contributed by atoms with Gasteiger partial charge in [0.05, 0.1) is 21.6 Å². The van der Waals surface area contributed by atoms with Gasteiger partial charge in [0.1, 0.15) is 5.82 Å². The SMILES string of the molecule is C=C(/C=C(C)\C=C/N)Nc1cccc(-c2cnc([C@H]3CC[C@H](C#N)CC3)s2)n1. The van der Waals surface area contributed by atoms with E-state index < -0.39 is 0 Å². The Hall–Kier alpha value is -2.91. The first-order chi connectivity index (χ1) is 13.6. The Balaban J connectivity index is 1.69. The summed E-state index contributed by atoms with van der Waals surface area (Å²) in [6.45, 7) is 5.98. The molecule has 2 aromatic heterocycles. The smallest absolute Gasteiger partial charge is 0.131 e. The van der Waals surface area contributed by atoms with Crippen LogP contribution in [0, 0.1) is 17.2 Å². The number of pyridine rings is 1. The lowest BCUT2D eigenvalue weighted by Crippen LogP contribution is -2.11. The van der Waals surface area contributed by atoms with Gasteiger partial charge >= 0.3 is 0 Å².